The van der Waals surface area contributed by atoms with E-state index in [1.807, 2.05) is 13.0 Å². The van der Waals surface area contributed by atoms with Gasteiger partial charge in [0, 0.05) is 27.7 Å². The Balaban J connectivity index is 2.67. The Morgan fingerprint density at radius 1 is 1.31 bits per heavy atom. The number of hydrazone groups is 1. The number of hydrogen-bond acceptors (Lipinski definition) is 6. The minimum Gasteiger partial charge on any atom is -0.490 e. The number of carbonyl (C=O) groups excluding carboxylic acids is 1. The summed E-state index contributed by atoms with van der Waals surface area (Å²) in [6.45, 7) is 3.46. The van der Waals surface area contributed by atoms with Gasteiger partial charge in [-0.25, -0.2) is 0 Å². The van der Waals surface area contributed by atoms with Gasteiger partial charge in [0.25, 0.3) is 5.91 Å². The summed E-state index contributed by atoms with van der Waals surface area (Å²) in [6.07, 6.45) is 1.61. The van der Waals surface area contributed by atoms with E-state index in [1.54, 1.807) is 39.6 Å². The van der Waals surface area contributed by atoms with E-state index in [4.69, 9.17) is 26.4 Å². The summed E-state index contributed by atoms with van der Waals surface area (Å²) in [4.78, 5) is 13.1. The Bertz CT molecular complexity index is 623. The van der Waals surface area contributed by atoms with Gasteiger partial charge in [0.05, 0.1) is 19.4 Å². The van der Waals surface area contributed by atoms with Gasteiger partial charge in [0.2, 0.25) is 0 Å². The molecule has 0 aliphatic heterocycles. The van der Waals surface area contributed by atoms with Crippen LogP contribution in [0.3, 0.4) is 0 Å². The van der Waals surface area contributed by atoms with Crippen LogP contribution in [-0.4, -0.2) is 69.7 Å². The van der Waals surface area contributed by atoms with Crippen LogP contribution in [0.1, 0.15) is 12.5 Å². The van der Waals surface area contributed by atoms with Crippen molar-refractivity contribution in [2.45, 2.75) is 6.92 Å². The summed E-state index contributed by atoms with van der Waals surface area (Å²) in [7, 11) is 4.97. The second-order valence-corrected chi connectivity index (χ2v) is 5.74. The summed E-state index contributed by atoms with van der Waals surface area (Å²) in [6, 6.07) is 5.33. The monoisotopic (exact) mass is 382 g/mol. The summed E-state index contributed by atoms with van der Waals surface area (Å²) in [5.41, 5.74) is 3.52. The number of methoxy groups -OCH3 is 1. The highest BCUT2D eigenvalue weighted by molar-refractivity contribution is 7.80. The summed E-state index contributed by atoms with van der Waals surface area (Å²) in [5, 5.41) is 7.43. The molecule has 2 N–H and O–H groups in total. The summed E-state index contributed by atoms with van der Waals surface area (Å²) in [5.74, 6) is 0.921. The first kappa shape index (κ1) is 21.7. The van der Waals surface area contributed by atoms with Gasteiger partial charge < -0.3 is 24.4 Å². The van der Waals surface area contributed by atoms with E-state index in [0.29, 0.717) is 36.4 Å². The van der Waals surface area contributed by atoms with Crippen molar-refractivity contribution in [2.24, 2.45) is 5.10 Å². The first-order chi connectivity index (χ1) is 12.5. The van der Waals surface area contributed by atoms with Gasteiger partial charge in [-0.3, -0.25) is 10.2 Å². The van der Waals surface area contributed by atoms with E-state index in [-0.39, 0.29) is 12.5 Å². The minimum absolute atomic E-state index is 0.0521. The Kier molecular flexibility index (Phi) is 10.0. The smallest absolute Gasteiger partial charge is 0.259 e. The molecule has 1 amide bonds. The third-order valence-electron chi connectivity index (χ3n) is 3.09. The number of ether oxygens (including phenoxy) is 3. The van der Waals surface area contributed by atoms with Crippen LogP contribution < -0.4 is 20.2 Å². The minimum atomic E-state index is -0.128. The standard InChI is InChI=1S/C17H26N4O4S/c1-5-24-15-10-13(11-19-20-17(26)18-8-9-23-4)6-7-14(15)25-12-16(22)21(2)3/h6-7,10-11H,5,8-9,12H2,1-4H3,(H2,18,20,26)/b19-11-. The Morgan fingerprint density at radius 2 is 2.08 bits per heavy atom. The number of nitrogens with one attached hydrogen (secondary N) is 2. The molecule has 9 heteroatoms. The third-order valence-corrected chi connectivity index (χ3v) is 3.32. The predicted molar refractivity (Wildman–Crippen MR) is 105 cm³/mol. The van der Waals surface area contributed by atoms with Gasteiger partial charge in [0.15, 0.2) is 23.2 Å². The molecule has 8 nitrogen and oxygen atoms in total. The highest BCUT2D eigenvalue weighted by atomic mass is 32.1. The van der Waals surface area contributed by atoms with E-state index in [0.717, 1.165) is 5.56 Å². The number of amides is 1. The Morgan fingerprint density at radius 3 is 2.73 bits per heavy atom. The molecule has 0 aromatic heterocycles. The van der Waals surface area contributed by atoms with Crippen molar-refractivity contribution in [3.05, 3.63) is 23.8 Å². The highest BCUT2D eigenvalue weighted by Gasteiger charge is 2.10. The molecule has 0 aliphatic rings. The van der Waals surface area contributed by atoms with Gasteiger partial charge in [-0.15, -0.1) is 0 Å². The maximum Gasteiger partial charge on any atom is 0.259 e. The number of benzene rings is 1. The number of nitrogens with zero attached hydrogens (tertiary/aromatic N) is 2. The van der Waals surface area contributed by atoms with E-state index in [2.05, 4.69) is 15.8 Å². The second kappa shape index (κ2) is 12.0. The molecule has 26 heavy (non-hydrogen) atoms. The molecule has 1 aromatic carbocycles. The highest BCUT2D eigenvalue weighted by Crippen LogP contribution is 2.28. The molecular weight excluding hydrogens is 356 g/mol. The molecule has 0 saturated carbocycles. The van der Waals surface area contributed by atoms with Crippen LogP contribution in [0, 0.1) is 0 Å². The van der Waals surface area contributed by atoms with E-state index >= 15 is 0 Å². The molecule has 0 fully saturated rings. The van der Waals surface area contributed by atoms with Crippen LogP contribution in [0.25, 0.3) is 0 Å². The van der Waals surface area contributed by atoms with Crippen molar-refractivity contribution in [1.82, 2.24) is 15.6 Å². The third kappa shape index (κ3) is 8.13. The molecule has 0 atom stereocenters. The predicted octanol–water partition coefficient (Wildman–Crippen LogP) is 0.997. The normalized spacial score (nSPS) is 10.5. The van der Waals surface area contributed by atoms with Crippen molar-refractivity contribution >= 4 is 29.5 Å². The van der Waals surface area contributed by atoms with E-state index < -0.39 is 0 Å². The molecule has 0 radical (unpaired) electrons. The number of carbonyl (C=O) groups is 1. The van der Waals surface area contributed by atoms with Gasteiger partial charge in [-0.05, 0) is 42.9 Å². The molecule has 0 aliphatic carbocycles. The molecular formula is C17H26N4O4S. The fourth-order valence-electron chi connectivity index (χ4n) is 1.73. The molecule has 1 rings (SSSR count). The number of likely N-dealkylation sites (N-methyl/N-ethyl adjacent to an activating group) is 1. The quantitative estimate of drug-likeness (QED) is 0.270. The SMILES string of the molecule is CCOc1cc(/C=N\NC(=S)NCCOC)ccc1OCC(=O)N(C)C. The van der Waals surface area contributed by atoms with Crippen LogP contribution in [-0.2, 0) is 9.53 Å². The fourth-order valence-corrected chi connectivity index (χ4v) is 1.89. The van der Waals surface area contributed by atoms with Crippen molar-refractivity contribution in [1.29, 1.82) is 0 Å². The molecule has 0 spiro atoms. The number of thiocarbonyl (C=S) groups is 1. The second-order valence-electron chi connectivity index (χ2n) is 5.33. The Labute approximate surface area is 159 Å². The van der Waals surface area contributed by atoms with Crippen molar-refractivity contribution in [3.8, 4) is 11.5 Å². The lowest BCUT2D eigenvalue weighted by Crippen LogP contribution is -2.34. The van der Waals surface area contributed by atoms with Crippen molar-refractivity contribution in [2.75, 3.05) is 47.6 Å². The summed E-state index contributed by atoms with van der Waals surface area (Å²) >= 11 is 5.08. The molecule has 0 saturated heterocycles. The number of hydrogen-bond donors (Lipinski definition) is 2. The van der Waals surface area contributed by atoms with Gasteiger partial charge in [-0.1, -0.05) is 0 Å². The maximum atomic E-state index is 11.7. The topological polar surface area (TPSA) is 84.4 Å². The van der Waals surface area contributed by atoms with Gasteiger partial charge in [0.1, 0.15) is 0 Å². The van der Waals surface area contributed by atoms with E-state index in [9.17, 15) is 4.79 Å². The largest absolute Gasteiger partial charge is 0.490 e. The lowest BCUT2D eigenvalue weighted by molar-refractivity contribution is -0.130. The molecule has 0 bridgehead atoms. The van der Waals surface area contributed by atoms with Crippen LogP contribution >= 0.6 is 12.2 Å². The lowest BCUT2D eigenvalue weighted by Gasteiger charge is -2.14. The molecule has 144 valence electrons. The van der Waals surface area contributed by atoms with Crippen molar-refractivity contribution < 1.29 is 19.0 Å². The fraction of sp³-hybridized carbons (Fsp3) is 0.471. The Hall–Kier alpha value is -2.39. The average molecular weight is 382 g/mol. The van der Waals surface area contributed by atoms with Crippen LogP contribution in [0.4, 0.5) is 0 Å². The first-order valence-electron chi connectivity index (χ1n) is 8.13. The van der Waals surface area contributed by atoms with E-state index in [1.165, 1.54) is 4.90 Å². The lowest BCUT2D eigenvalue weighted by atomic mass is 10.2. The van der Waals surface area contributed by atoms with Gasteiger partial charge in [-0.2, -0.15) is 5.10 Å². The zero-order valence-electron chi connectivity index (χ0n) is 15.6. The van der Waals surface area contributed by atoms with Crippen LogP contribution in [0.15, 0.2) is 23.3 Å². The maximum absolute atomic E-state index is 11.7. The molecule has 0 heterocycles. The summed E-state index contributed by atoms with van der Waals surface area (Å²) < 4.78 is 16.0. The molecule has 1 aromatic rings. The number of rotatable bonds is 10. The molecule has 0 unspecified atom stereocenters. The average Bonchev–Trinajstić information content (AvgIpc) is 2.61. The first-order valence-corrected chi connectivity index (χ1v) is 8.54. The zero-order valence-corrected chi connectivity index (χ0v) is 16.4. The van der Waals surface area contributed by atoms with Gasteiger partial charge >= 0.3 is 0 Å². The zero-order chi connectivity index (χ0) is 19.4. The van der Waals surface area contributed by atoms with Crippen molar-refractivity contribution in [3.63, 3.8) is 0 Å². The van der Waals surface area contributed by atoms with Crippen LogP contribution in [0.5, 0.6) is 11.5 Å². The van der Waals surface area contributed by atoms with Crippen LogP contribution in [0.2, 0.25) is 0 Å².